The maximum Gasteiger partial charge on any atom is 0.342 e. The fourth-order valence-electron chi connectivity index (χ4n) is 2.32. The number of hydrogen-bond acceptors (Lipinski definition) is 6. The van der Waals surface area contributed by atoms with Crippen LogP contribution in [-0.2, 0) is 9.53 Å². The van der Waals surface area contributed by atoms with Crippen LogP contribution in [0.3, 0.4) is 0 Å². The van der Waals surface area contributed by atoms with Crippen molar-refractivity contribution in [1.82, 2.24) is 0 Å². The van der Waals surface area contributed by atoms with E-state index in [9.17, 15) is 22.8 Å². The summed E-state index contributed by atoms with van der Waals surface area (Å²) in [6.07, 6.45) is -1.40. The van der Waals surface area contributed by atoms with Crippen molar-refractivity contribution in [2.24, 2.45) is 0 Å². The van der Waals surface area contributed by atoms with Crippen LogP contribution in [0.2, 0.25) is 0 Å². The van der Waals surface area contributed by atoms with Crippen molar-refractivity contribution >= 4 is 17.6 Å². The highest BCUT2D eigenvalue weighted by atomic mass is 19.2. The average Bonchev–Trinajstić information content (AvgIpc) is 2.72. The normalized spacial score (nSPS) is 11.4. The van der Waals surface area contributed by atoms with Gasteiger partial charge in [-0.3, -0.25) is 4.79 Å². The molecule has 0 heterocycles. The second-order valence-electron chi connectivity index (χ2n) is 5.67. The van der Waals surface area contributed by atoms with Gasteiger partial charge in [0.05, 0.1) is 27.0 Å². The molecule has 0 aromatic heterocycles. The summed E-state index contributed by atoms with van der Waals surface area (Å²) in [4.78, 5) is 24.6. The Hall–Kier alpha value is -3.43. The number of carbonyl (C=O) groups excluding carboxylic acids is 2. The molecular formula is C19H18F3NO6. The van der Waals surface area contributed by atoms with E-state index in [4.69, 9.17) is 18.9 Å². The van der Waals surface area contributed by atoms with Crippen LogP contribution in [0, 0.1) is 17.5 Å². The lowest BCUT2D eigenvalue weighted by atomic mass is 10.1. The molecule has 1 atom stereocenters. The number of halogens is 3. The van der Waals surface area contributed by atoms with Gasteiger partial charge in [-0.1, -0.05) is 0 Å². The Morgan fingerprint density at radius 1 is 0.897 bits per heavy atom. The number of methoxy groups -OCH3 is 3. The molecule has 1 amide bonds. The highest BCUT2D eigenvalue weighted by molar-refractivity contribution is 5.98. The molecule has 0 radical (unpaired) electrons. The van der Waals surface area contributed by atoms with Gasteiger partial charge in [0.15, 0.2) is 35.1 Å². The van der Waals surface area contributed by atoms with E-state index >= 15 is 0 Å². The van der Waals surface area contributed by atoms with E-state index in [0.29, 0.717) is 11.8 Å². The number of amides is 1. The number of hydrogen-bond donors (Lipinski definition) is 1. The minimum absolute atomic E-state index is 0.0520. The molecule has 0 aliphatic heterocycles. The van der Waals surface area contributed by atoms with E-state index < -0.39 is 41.1 Å². The molecule has 0 aliphatic rings. The van der Waals surface area contributed by atoms with Gasteiger partial charge in [0, 0.05) is 12.1 Å². The molecule has 2 aromatic rings. The summed E-state index contributed by atoms with van der Waals surface area (Å²) in [6, 6.07) is 4.20. The summed E-state index contributed by atoms with van der Waals surface area (Å²) >= 11 is 0. The summed E-state index contributed by atoms with van der Waals surface area (Å²) in [7, 11) is 4.09. The lowest BCUT2D eigenvalue weighted by Crippen LogP contribution is -2.30. The Balaban J connectivity index is 2.18. The fraction of sp³-hybridized carbons (Fsp3) is 0.263. The molecule has 0 saturated heterocycles. The number of anilines is 1. The molecule has 156 valence electrons. The molecule has 1 N–H and O–H groups in total. The van der Waals surface area contributed by atoms with E-state index in [1.54, 1.807) is 0 Å². The monoisotopic (exact) mass is 413 g/mol. The van der Waals surface area contributed by atoms with Crippen molar-refractivity contribution in [3.05, 3.63) is 47.3 Å². The SMILES string of the molecule is COc1cc(OC)c(C(=O)O[C@H](C)C(=O)Nc2ccc(F)c(F)c2F)cc1OC. The fourth-order valence-corrected chi connectivity index (χ4v) is 2.32. The zero-order valence-electron chi connectivity index (χ0n) is 16.0. The molecule has 29 heavy (non-hydrogen) atoms. The van der Waals surface area contributed by atoms with Crippen LogP contribution < -0.4 is 19.5 Å². The van der Waals surface area contributed by atoms with Crippen LogP contribution in [0.1, 0.15) is 17.3 Å². The summed E-state index contributed by atoms with van der Waals surface area (Å²) < 4.78 is 60.3. The molecule has 0 aliphatic carbocycles. The molecule has 2 aromatic carbocycles. The van der Waals surface area contributed by atoms with E-state index in [2.05, 4.69) is 0 Å². The summed E-state index contributed by atoms with van der Waals surface area (Å²) in [5, 5.41) is 2.03. The van der Waals surface area contributed by atoms with Crippen LogP contribution in [0.4, 0.5) is 18.9 Å². The Bertz CT molecular complexity index is 935. The second-order valence-corrected chi connectivity index (χ2v) is 5.67. The Morgan fingerprint density at radius 3 is 2.07 bits per heavy atom. The molecule has 0 spiro atoms. The van der Waals surface area contributed by atoms with Gasteiger partial charge in [-0.05, 0) is 19.1 Å². The van der Waals surface area contributed by atoms with Crippen LogP contribution >= 0.6 is 0 Å². The van der Waals surface area contributed by atoms with E-state index in [1.807, 2.05) is 5.32 Å². The van der Waals surface area contributed by atoms with E-state index in [-0.39, 0.29) is 17.1 Å². The minimum atomic E-state index is -1.73. The molecule has 0 unspecified atom stereocenters. The third-order valence-corrected chi connectivity index (χ3v) is 3.87. The number of benzene rings is 2. The van der Waals surface area contributed by atoms with Gasteiger partial charge in [0.1, 0.15) is 11.3 Å². The van der Waals surface area contributed by atoms with Crippen molar-refractivity contribution in [3.63, 3.8) is 0 Å². The summed E-state index contributed by atoms with van der Waals surface area (Å²) in [5.41, 5.74) is -0.649. The molecule has 10 heteroatoms. The third-order valence-electron chi connectivity index (χ3n) is 3.87. The number of ether oxygens (including phenoxy) is 4. The van der Waals surface area contributed by atoms with Gasteiger partial charge in [0.2, 0.25) is 0 Å². The molecule has 0 fully saturated rings. The Morgan fingerprint density at radius 2 is 1.48 bits per heavy atom. The van der Waals surface area contributed by atoms with Gasteiger partial charge < -0.3 is 24.3 Å². The van der Waals surface area contributed by atoms with Crippen molar-refractivity contribution < 1.29 is 41.7 Å². The van der Waals surface area contributed by atoms with E-state index in [0.717, 1.165) is 6.07 Å². The zero-order chi connectivity index (χ0) is 21.7. The number of nitrogens with one attached hydrogen (secondary N) is 1. The number of rotatable bonds is 7. The molecular weight excluding hydrogens is 395 g/mol. The van der Waals surface area contributed by atoms with Crippen LogP contribution in [0.15, 0.2) is 24.3 Å². The topological polar surface area (TPSA) is 83.1 Å². The van der Waals surface area contributed by atoms with Gasteiger partial charge in [-0.25, -0.2) is 18.0 Å². The smallest absolute Gasteiger partial charge is 0.342 e. The lowest BCUT2D eigenvalue weighted by Gasteiger charge is -2.16. The standard InChI is InChI=1S/C19H18F3NO6/c1-9(18(24)23-12-6-5-11(20)16(21)17(12)22)29-19(25)10-7-14(27-3)15(28-4)8-13(10)26-2/h5-9H,1-4H3,(H,23,24)/t9-/m1/s1. The minimum Gasteiger partial charge on any atom is -0.496 e. The first-order valence-electron chi connectivity index (χ1n) is 8.18. The molecule has 0 bridgehead atoms. The third kappa shape index (κ3) is 4.71. The highest BCUT2D eigenvalue weighted by Crippen LogP contribution is 2.35. The van der Waals surface area contributed by atoms with Gasteiger partial charge in [0.25, 0.3) is 5.91 Å². The van der Waals surface area contributed by atoms with Crippen molar-refractivity contribution in [2.45, 2.75) is 13.0 Å². The zero-order valence-corrected chi connectivity index (χ0v) is 16.0. The molecule has 7 nitrogen and oxygen atoms in total. The lowest BCUT2D eigenvalue weighted by molar-refractivity contribution is -0.123. The number of esters is 1. The average molecular weight is 413 g/mol. The highest BCUT2D eigenvalue weighted by Gasteiger charge is 2.25. The first-order chi connectivity index (χ1) is 13.7. The first-order valence-corrected chi connectivity index (χ1v) is 8.18. The molecule has 0 saturated carbocycles. The first kappa shape index (κ1) is 21.9. The van der Waals surface area contributed by atoms with Crippen LogP contribution in [0.25, 0.3) is 0 Å². The van der Waals surface area contributed by atoms with Gasteiger partial charge in [-0.15, -0.1) is 0 Å². The van der Waals surface area contributed by atoms with Crippen LogP contribution in [-0.4, -0.2) is 39.3 Å². The van der Waals surface area contributed by atoms with Crippen LogP contribution in [0.5, 0.6) is 17.2 Å². The quantitative estimate of drug-likeness (QED) is 0.554. The molecule has 2 rings (SSSR count). The summed E-state index contributed by atoms with van der Waals surface area (Å²) in [6.45, 7) is 1.22. The number of carbonyl (C=O) groups is 2. The maximum atomic E-state index is 13.7. The van der Waals surface area contributed by atoms with Gasteiger partial charge in [-0.2, -0.15) is 0 Å². The second kappa shape index (κ2) is 9.18. The van der Waals surface area contributed by atoms with Crippen molar-refractivity contribution in [3.8, 4) is 17.2 Å². The van der Waals surface area contributed by atoms with Crippen molar-refractivity contribution in [2.75, 3.05) is 26.6 Å². The van der Waals surface area contributed by atoms with Gasteiger partial charge >= 0.3 is 5.97 Å². The predicted octanol–water partition coefficient (Wildman–Crippen LogP) is 3.31. The summed E-state index contributed by atoms with van der Waals surface area (Å²) in [5.74, 6) is -5.96. The van der Waals surface area contributed by atoms with Crippen molar-refractivity contribution in [1.29, 1.82) is 0 Å². The predicted molar refractivity (Wildman–Crippen MR) is 95.9 cm³/mol. The Labute approximate surface area is 164 Å². The largest absolute Gasteiger partial charge is 0.496 e. The van der Waals surface area contributed by atoms with E-state index in [1.165, 1.54) is 40.4 Å². The Kier molecular flexibility index (Phi) is 6.92. The maximum absolute atomic E-state index is 13.7.